The Morgan fingerprint density at radius 1 is 1.19 bits per heavy atom. The van der Waals surface area contributed by atoms with Crippen molar-refractivity contribution in [1.82, 2.24) is 4.90 Å². The Morgan fingerprint density at radius 2 is 1.74 bits per heavy atom. The molecule has 0 aromatic heterocycles. The summed E-state index contributed by atoms with van der Waals surface area (Å²) >= 11 is 0. The lowest BCUT2D eigenvalue weighted by molar-refractivity contribution is -0.0855. The maximum atomic E-state index is 12.9. The molecule has 0 aromatic carbocycles. The zero-order valence-electron chi connectivity index (χ0n) is 19.1. The van der Waals surface area contributed by atoms with E-state index >= 15 is 0 Å². The number of nitrogens with zero attached hydrogens (tertiary/aromatic N) is 1. The van der Waals surface area contributed by atoms with Gasteiger partial charge >= 0.3 is 6.09 Å². The molecule has 2 atom stereocenters. The van der Waals surface area contributed by atoms with Crippen molar-refractivity contribution < 1.29 is 18.7 Å². The largest absolute Gasteiger partial charge is 0.444 e. The Balaban J connectivity index is 3.07. The van der Waals surface area contributed by atoms with E-state index in [2.05, 4.69) is 45.7 Å². The first-order valence-corrected chi connectivity index (χ1v) is 12.7. The smallest absolute Gasteiger partial charge is 0.412 e. The van der Waals surface area contributed by atoms with E-state index in [9.17, 15) is 4.79 Å². The van der Waals surface area contributed by atoms with Crippen LogP contribution in [0, 0.1) is 11.8 Å². The summed E-state index contributed by atoms with van der Waals surface area (Å²) in [6.07, 6.45) is -0.0715. The minimum Gasteiger partial charge on any atom is -0.444 e. The molecular formula is C21H39NO4Si. The van der Waals surface area contributed by atoms with Crippen LogP contribution in [-0.4, -0.2) is 49.4 Å². The van der Waals surface area contributed by atoms with Gasteiger partial charge in [-0.2, -0.15) is 0 Å². The van der Waals surface area contributed by atoms with Crippen molar-refractivity contribution in [2.24, 2.45) is 0 Å². The summed E-state index contributed by atoms with van der Waals surface area (Å²) in [6.45, 7) is 22.7. The Morgan fingerprint density at radius 3 is 2.19 bits per heavy atom. The van der Waals surface area contributed by atoms with Crippen LogP contribution in [0.15, 0.2) is 0 Å². The third kappa shape index (κ3) is 6.23. The van der Waals surface area contributed by atoms with Gasteiger partial charge in [0.05, 0.1) is 12.6 Å². The lowest BCUT2D eigenvalue weighted by Gasteiger charge is -2.37. The van der Waals surface area contributed by atoms with E-state index in [0.29, 0.717) is 13.0 Å². The van der Waals surface area contributed by atoms with Gasteiger partial charge in [0.15, 0.2) is 8.32 Å². The van der Waals surface area contributed by atoms with Crippen molar-refractivity contribution in [1.29, 1.82) is 0 Å². The first-order valence-electron chi connectivity index (χ1n) is 9.75. The molecule has 2 unspecified atom stereocenters. The number of amides is 1. The van der Waals surface area contributed by atoms with E-state index in [-0.39, 0.29) is 23.3 Å². The van der Waals surface area contributed by atoms with Crippen LogP contribution in [-0.2, 0) is 13.9 Å². The lowest BCUT2D eigenvalue weighted by Crippen LogP contribution is -2.50. The van der Waals surface area contributed by atoms with Gasteiger partial charge < -0.3 is 13.9 Å². The Kier molecular flexibility index (Phi) is 7.24. The van der Waals surface area contributed by atoms with E-state index in [1.165, 1.54) is 0 Å². The number of carbonyl (C=O) groups excluding carboxylic acids is 1. The van der Waals surface area contributed by atoms with E-state index < -0.39 is 19.6 Å². The van der Waals surface area contributed by atoms with Gasteiger partial charge in [0.2, 0.25) is 0 Å². The van der Waals surface area contributed by atoms with Crippen molar-refractivity contribution in [3.8, 4) is 11.8 Å². The average molecular weight is 398 g/mol. The molecule has 0 radical (unpaired) electrons. The van der Waals surface area contributed by atoms with Crippen LogP contribution in [0.4, 0.5) is 4.79 Å². The lowest BCUT2D eigenvalue weighted by atomic mass is 10.1. The molecule has 0 aromatic rings. The zero-order chi connectivity index (χ0) is 21.3. The number of rotatable bonds is 4. The standard InChI is InChI=1S/C21H39NO4Si/c1-12-13-14-16-17(15-24-27(10,11)20(5,6)7)25-21(8,9)22(16)18(23)26-19(2,3)4/h16-17H,14-15H2,1-11H3. The summed E-state index contributed by atoms with van der Waals surface area (Å²) in [5.41, 5.74) is -1.34. The van der Waals surface area contributed by atoms with Crippen molar-refractivity contribution in [3.05, 3.63) is 0 Å². The second-order valence-corrected chi connectivity index (χ2v) is 15.0. The summed E-state index contributed by atoms with van der Waals surface area (Å²) in [7, 11) is -1.92. The molecule has 27 heavy (non-hydrogen) atoms. The maximum absolute atomic E-state index is 12.9. The molecule has 6 heteroatoms. The molecule has 1 rings (SSSR count). The van der Waals surface area contributed by atoms with Crippen molar-refractivity contribution in [2.75, 3.05) is 6.61 Å². The maximum Gasteiger partial charge on any atom is 0.412 e. The van der Waals surface area contributed by atoms with Gasteiger partial charge in [0.1, 0.15) is 17.4 Å². The summed E-state index contributed by atoms with van der Waals surface area (Å²) in [6, 6.07) is -0.202. The highest BCUT2D eigenvalue weighted by atomic mass is 28.4. The monoisotopic (exact) mass is 397 g/mol. The van der Waals surface area contributed by atoms with Crippen LogP contribution in [0.1, 0.15) is 68.7 Å². The Labute approximate surface area is 167 Å². The predicted molar refractivity (Wildman–Crippen MR) is 112 cm³/mol. The first kappa shape index (κ1) is 24.0. The molecule has 0 bridgehead atoms. The molecule has 5 nitrogen and oxygen atoms in total. The van der Waals surface area contributed by atoms with Crippen LogP contribution in [0.2, 0.25) is 18.1 Å². The van der Waals surface area contributed by atoms with Crippen molar-refractivity contribution >= 4 is 14.4 Å². The van der Waals surface area contributed by atoms with Crippen LogP contribution in [0.5, 0.6) is 0 Å². The van der Waals surface area contributed by atoms with Crippen LogP contribution >= 0.6 is 0 Å². The summed E-state index contributed by atoms with van der Waals surface area (Å²) in [5.74, 6) is 6.04. The summed E-state index contributed by atoms with van der Waals surface area (Å²) < 4.78 is 18.3. The highest BCUT2D eigenvalue weighted by Crippen LogP contribution is 2.39. The fourth-order valence-electron chi connectivity index (χ4n) is 2.82. The van der Waals surface area contributed by atoms with Crippen LogP contribution in [0.25, 0.3) is 0 Å². The van der Waals surface area contributed by atoms with Gasteiger partial charge in [-0.25, -0.2) is 4.79 Å². The number of ether oxygens (including phenoxy) is 2. The Bertz CT molecular complexity index is 590. The minimum absolute atomic E-state index is 0.116. The second kappa shape index (κ2) is 8.14. The van der Waals surface area contributed by atoms with Gasteiger partial charge in [-0.3, -0.25) is 4.90 Å². The summed E-state index contributed by atoms with van der Waals surface area (Å²) in [4.78, 5) is 14.6. The van der Waals surface area contributed by atoms with Crippen molar-refractivity contribution in [3.63, 3.8) is 0 Å². The highest BCUT2D eigenvalue weighted by Gasteiger charge is 2.51. The molecule has 0 aliphatic carbocycles. The van der Waals surface area contributed by atoms with Gasteiger partial charge in [-0.15, -0.1) is 11.8 Å². The van der Waals surface area contributed by atoms with Crippen LogP contribution in [0.3, 0.4) is 0 Å². The molecular weight excluding hydrogens is 358 g/mol. The minimum atomic E-state index is -1.92. The fourth-order valence-corrected chi connectivity index (χ4v) is 3.83. The number of hydrogen-bond donors (Lipinski definition) is 0. The molecule has 0 saturated carbocycles. The van der Waals surface area contributed by atoms with E-state index in [4.69, 9.17) is 13.9 Å². The molecule has 1 saturated heterocycles. The Hall–Kier alpha value is -1.03. The molecule has 156 valence electrons. The summed E-state index contributed by atoms with van der Waals surface area (Å²) in [5, 5.41) is 0.116. The zero-order valence-corrected chi connectivity index (χ0v) is 20.1. The molecule has 0 N–H and O–H groups in total. The molecule has 1 heterocycles. The molecule has 1 fully saturated rings. The second-order valence-electron chi connectivity index (χ2n) is 10.2. The molecule has 1 amide bonds. The highest BCUT2D eigenvalue weighted by molar-refractivity contribution is 6.74. The first-order chi connectivity index (χ1) is 12.0. The van der Waals surface area contributed by atoms with Gasteiger partial charge in [0.25, 0.3) is 0 Å². The fraction of sp³-hybridized carbons (Fsp3) is 0.857. The molecule has 1 aliphatic rings. The van der Waals surface area contributed by atoms with E-state index in [1.807, 2.05) is 34.6 Å². The predicted octanol–water partition coefficient (Wildman–Crippen LogP) is 5.16. The normalized spacial score (nSPS) is 23.0. The van der Waals surface area contributed by atoms with Crippen LogP contribution < -0.4 is 0 Å². The van der Waals surface area contributed by atoms with E-state index in [1.54, 1.807) is 11.8 Å². The van der Waals surface area contributed by atoms with Gasteiger partial charge in [0, 0.05) is 6.42 Å². The van der Waals surface area contributed by atoms with Gasteiger partial charge in [-0.05, 0) is 59.7 Å². The third-order valence-corrected chi connectivity index (χ3v) is 9.77. The van der Waals surface area contributed by atoms with Crippen molar-refractivity contribution in [2.45, 2.75) is 110 Å². The number of hydrogen-bond acceptors (Lipinski definition) is 4. The topological polar surface area (TPSA) is 48.0 Å². The average Bonchev–Trinajstić information content (AvgIpc) is 2.70. The third-order valence-electron chi connectivity index (χ3n) is 5.27. The molecule has 1 aliphatic heterocycles. The van der Waals surface area contributed by atoms with Gasteiger partial charge in [-0.1, -0.05) is 20.8 Å². The SMILES string of the molecule is CC#CCC1C(CO[Si](C)(C)C(C)(C)C)OC(C)(C)N1C(=O)OC(C)(C)C. The number of carbonyl (C=O) groups is 1. The van der Waals surface area contributed by atoms with E-state index in [0.717, 1.165) is 0 Å². The quantitative estimate of drug-likeness (QED) is 0.485. The molecule has 0 spiro atoms.